The second kappa shape index (κ2) is 75.6. The highest BCUT2D eigenvalue weighted by atomic mass is 16.7. The molecule has 0 bridgehead atoms. The van der Waals surface area contributed by atoms with Crippen LogP contribution in [0, 0.1) is 0 Å². The summed E-state index contributed by atoms with van der Waals surface area (Å²) in [7, 11) is 0. The van der Waals surface area contributed by atoms with E-state index in [1.165, 1.54) is 385 Å². The first-order valence-electron chi connectivity index (χ1n) is 43.5. The molecule has 0 radical (unpaired) electrons. The van der Waals surface area contributed by atoms with Gasteiger partial charge in [-0.1, -0.05) is 431 Å². The van der Waals surface area contributed by atoms with Crippen LogP contribution in [0.1, 0.15) is 463 Å². The molecule has 576 valence electrons. The van der Waals surface area contributed by atoms with Crippen LogP contribution in [0.5, 0.6) is 0 Å². The van der Waals surface area contributed by atoms with Gasteiger partial charge in [0, 0.05) is 12.8 Å². The first-order chi connectivity index (χ1) is 47.7. The number of hydrogen-bond acceptors (Lipinski definition) is 10. The van der Waals surface area contributed by atoms with Crippen molar-refractivity contribution in [3.8, 4) is 0 Å². The first-order valence-corrected chi connectivity index (χ1v) is 43.5. The van der Waals surface area contributed by atoms with Crippen LogP contribution in [0.4, 0.5) is 0 Å². The number of allylic oxidation sites excluding steroid dienone is 1. The number of hydrogen-bond donors (Lipinski definition) is 6. The van der Waals surface area contributed by atoms with Gasteiger partial charge in [-0.15, -0.1) is 0 Å². The molecular weight excluding hydrogens is 1210 g/mol. The standard InChI is InChI=1S/C86H167NO10/c1-3-5-7-9-11-13-15-17-18-19-44-47-50-54-58-62-66-70-74-82(91)95-75-71-67-63-59-55-51-48-45-42-40-38-36-34-32-30-28-26-24-22-20-21-23-25-27-29-31-33-35-37-39-41-43-46-49-53-57-61-65-69-73-81(90)87-78(77-96-86-85(94)84(93)83(92)80(76-88)97-86)79(89)72-68-64-60-56-52-16-14-12-10-8-6-4-2/h68,72,78-80,83-86,88-89,92-94H,3-67,69-71,73-77H2,1-2H3,(H,87,90)/b72-68+. The van der Waals surface area contributed by atoms with Crippen LogP contribution in [0.2, 0.25) is 0 Å². The highest BCUT2D eigenvalue weighted by Crippen LogP contribution is 2.24. The maximum Gasteiger partial charge on any atom is 0.305 e. The van der Waals surface area contributed by atoms with E-state index >= 15 is 0 Å². The molecule has 1 amide bonds. The van der Waals surface area contributed by atoms with Gasteiger partial charge >= 0.3 is 5.97 Å². The lowest BCUT2D eigenvalue weighted by molar-refractivity contribution is -0.302. The van der Waals surface area contributed by atoms with Crippen molar-refractivity contribution in [3.63, 3.8) is 0 Å². The lowest BCUT2D eigenvalue weighted by Crippen LogP contribution is -2.60. The zero-order chi connectivity index (χ0) is 70.1. The van der Waals surface area contributed by atoms with Gasteiger partial charge in [-0.05, 0) is 32.1 Å². The average Bonchev–Trinajstić information content (AvgIpc) is 0.834. The fraction of sp³-hybridized carbons (Fsp3) is 0.953. The molecule has 0 spiro atoms. The van der Waals surface area contributed by atoms with Gasteiger partial charge in [-0.3, -0.25) is 9.59 Å². The van der Waals surface area contributed by atoms with Crippen molar-refractivity contribution in [2.45, 2.75) is 506 Å². The van der Waals surface area contributed by atoms with Crippen molar-refractivity contribution in [2.75, 3.05) is 19.8 Å². The van der Waals surface area contributed by atoms with Gasteiger partial charge in [0.05, 0.1) is 32.0 Å². The summed E-state index contributed by atoms with van der Waals surface area (Å²) in [4.78, 5) is 25.2. The average molecular weight is 1380 g/mol. The maximum absolute atomic E-state index is 13.1. The van der Waals surface area contributed by atoms with Crippen molar-refractivity contribution >= 4 is 11.9 Å². The number of aliphatic hydroxyl groups excluding tert-OH is 5. The third-order valence-corrected chi connectivity index (χ3v) is 21.2. The molecule has 1 heterocycles. The summed E-state index contributed by atoms with van der Waals surface area (Å²) in [5.74, 6) is -0.148. The van der Waals surface area contributed by atoms with E-state index in [0.717, 1.165) is 51.4 Å². The largest absolute Gasteiger partial charge is 0.466 e. The summed E-state index contributed by atoms with van der Waals surface area (Å²) in [6.45, 7) is 4.42. The Bertz CT molecular complexity index is 1610. The number of esters is 1. The van der Waals surface area contributed by atoms with Crippen molar-refractivity contribution in [1.82, 2.24) is 5.32 Å². The van der Waals surface area contributed by atoms with E-state index in [1.807, 2.05) is 6.08 Å². The van der Waals surface area contributed by atoms with Gasteiger partial charge in [0.2, 0.25) is 5.91 Å². The number of rotatable bonds is 79. The quantitative estimate of drug-likeness (QED) is 0.0195. The summed E-state index contributed by atoms with van der Waals surface area (Å²) in [6.07, 6.45) is 87.1. The van der Waals surface area contributed by atoms with E-state index in [0.29, 0.717) is 19.4 Å². The molecule has 0 aliphatic carbocycles. The first kappa shape index (κ1) is 93.4. The minimum atomic E-state index is -1.57. The Morgan fingerprint density at radius 2 is 0.649 bits per heavy atom. The molecule has 0 aromatic heterocycles. The lowest BCUT2D eigenvalue weighted by Gasteiger charge is -2.40. The Morgan fingerprint density at radius 3 is 0.959 bits per heavy atom. The molecule has 1 fully saturated rings. The summed E-state index contributed by atoms with van der Waals surface area (Å²) in [5.41, 5.74) is 0. The van der Waals surface area contributed by atoms with E-state index in [2.05, 4.69) is 19.2 Å². The fourth-order valence-corrected chi connectivity index (χ4v) is 14.4. The molecule has 1 saturated heterocycles. The molecule has 1 aliphatic rings. The zero-order valence-corrected chi connectivity index (χ0v) is 64.6. The number of amides is 1. The molecule has 6 N–H and O–H groups in total. The van der Waals surface area contributed by atoms with Crippen LogP contribution in [-0.2, 0) is 23.8 Å². The van der Waals surface area contributed by atoms with E-state index in [-0.39, 0.29) is 18.5 Å². The van der Waals surface area contributed by atoms with Crippen molar-refractivity contribution < 1.29 is 49.3 Å². The summed E-state index contributed by atoms with van der Waals surface area (Å²) in [5, 5.41) is 54.6. The highest BCUT2D eigenvalue weighted by molar-refractivity contribution is 5.76. The van der Waals surface area contributed by atoms with E-state index in [4.69, 9.17) is 14.2 Å². The fourth-order valence-electron chi connectivity index (χ4n) is 14.4. The number of carbonyl (C=O) groups is 2. The number of nitrogens with one attached hydrogen (secondary N) is 1. The van der Waals surface area contributed by atoms with Crippen LogP contribution < -0.4 is 5.32 Å². The van der Waals surface area contributed by atoms with Crippen molar-refractivity contribution in [1.29, 1.82) is 0 Å². The van der Waals surface area contributed by atoms with Crippen LogP contribution in [0.3, 0.4) is 0 Å². The number of unbranched alkanes of at least 4 members (excludes halogenated alkanes) is 65. The van der Waals surface area contributed by atoms with Crippen LogP contribution in [0.15, 0.2) is 12.2 Å². The molecular formula is C86H167NO10. The van der Waals surface area contributed by atoms with E-state index in [9.17, 15) is 35.1 Å². The predicted octanol–water partition coefficient (Wildman–Crippen LogP) is 24.1. The molecule has 0 aromatic carbocycles. The Hall–Kier alpha value is -1.60. The van der Waals surface area contributed by atoms with Crippen LogP contribution in [-0.4, -0.2) is 100 Å². The molecule has 11 heteroatoms. The van der Waals surface area contributed by atoms with Crippen molar-refractivity contribution in [2.24, 2.45) is 0 Å². The Balaban J connectivity index is 1.83. The molecule has 0 aromatic rings. The molecule has 1 aliphatic heterocycles. The topological polar surface area (TPSA) is 175 Å². The lowest BCUT2D eigenvalue weighted by atomic mass is 9.99. The third-order valence-electron chi connectivity index (χ3n) is 21.2. The van der Waals surface area contributed by atoms with Gasteiger partial charge in [0.15, 0.2) is 6.29 Å². The van der Waals surface area contributed by atoms with Gasteiger partial charge < -0.3 is 45.1 Å². The molecule has 11 nitrogen and oxygen atoms in total. The Morgan fingerprint density at radius 1 is 0.371 bits per heavy atom. The minimum absolute atomic E-state index is 0.0241. The highest BCUT2D eigenvalue weighted by Gasteiger charge is 2.44. The van der Waals surface area contributed by atoms with Crippen LogP contribution in [0.25, 0.3) is 0 Å². The summed E-state index contributed by atoms with van der Waals surface area (Å²) in [6, 6.07) is -0.804. The maximum atomic E-state index is 13.1. The zero-order valence-electron chi connectivity index (χ0n) is 64.6. The number of ether oxygens (including phenoxy) is 3. The van der Waals surface area contributed by atoms with E-state index < -0.39 is 49.5 Å². The third kappa shape index (κ3) is 63.8. The van der Waals surface area contributed by atoms with Crippen LogP contribution >= 0.6 is 0 Å². The number of aliphatic hydroxyl groups is 5. The molecule has 7 unspecified atom stereocenters. The molecule has 7 atom stereocenters. The second-order valence-electron chi connectivity index (χ2n) is 30.6. The SMILES string of the molecule is CCCCCCCCCCCC/C=C/C(O)C(COC1OC(CO)C(O)C(O)C1O)NC(=O)CCCCCCCCCCCCCCCCCCCCCCCCCCCCCCCCCCCCCCCCCOC(=O)CCCCCCCCCCCCCCCCCCCC. The normalized spacial score (nSPS) is 17.2. The Kier molecular flexibility index (Phi) is 72.8. The van der Waals surface area contributed by atoms with Gasteiger partial charge in [-0.25, -0.2) is 0 Å². The second-order valence-corrected chi connectivity index (χ2v) is 30.6. The van der Waals surface area contributed by atoms with E-state index in [1.54, 1.807) is 6.08 Å². The predicted molar refractivity (Wildman–Crippen MR) is 412 cm³/mol. The van der Waals surface area contributed by atoms with Crippen molar-refractivity contribution in [3.05, 3.63) is 12.2 Å². The molecule has 1 rings (SSSR count). The molecule has 0 saturated carbocycles. The smallest absolute Gasteiger partial charge is 0.305 e. The Labute approximate surface area is 601 Å². The van der Waals surface area contributed by atoms with Gasteiger partial charge in [0.25, 0.3) is 0 Å². The van der Waals surface area contributed by atoms with Gasteiger partial charge in [-0.2, -0.15) is 0 Å². The summed E-state index contributed by atoms with van der Waals surface area (Å²) >= 11 is 0. The number of carbonyl (C=O) groups excluding carboxylic acids is 2. The minimum Gasteiger partial charge on any atom is -0.466 e. The monoisotopic (exact) mass is 1370 g/mol. The molecule has 97 heavy (non-hydrogen) atoms. The van der Waals surface area contributed by atoms with Gasteiger partial charge in [0.1, 0.15) is 24.4 Å². The summed E-state index contributed by atoms with van der Waals surface area (Å²) < 4.78 is 16.8.